The maximum absolute atomic E-state index is 10.7. The minimum Gasteiger partial charge on any atom is -0.478 e. The van der Waals surface area contributed by atoms with Gasteiger partial charge in [0.15, 0.2) is 0 Å². The molecule has 5 heteroatoms. The molecule has 0 unspecified atom stereocenters. The fourth-order valence-electron chi connectivity index (χ4n) is 0.205. The van der Waals surface area contributed by atoms with Crippen LogP contribution in [-0.4, -0.2) is 22.2 Å². The van der Waals surface area contributed by atoms with Crippen molar-refractivity contribution >= 4 is 11.9 Å². The van der Waals surface area contributed by atoms with Gasteiger partial charge in [-0.1, -0.05) is 13.5 Å². The monoisotopic (exact) mass is 190 g/mol. The van der Waals surface area contributed by atoms with Crippen molar-refractivity contribution in [3.05, 3.63) is 24.6 Å². The van der Waals surface area contributed by atoms with Crippen LogP contribution >= 0.6 is 0 Å². The van der Waals surface area contributed by atoms with Crippen molar-refractivity contribution < 1.29 is 24.2 Å². The summed E-state index contributed by atoms with van der Waals surface area (Å²) in [5.74, 6) is -2.17. The first-order valence-corrected chi connectivity index (χ1v) is 3.36. The zero-order valence-electron chi connectivity index (χ0n) is 7.16. The van der Waals surface area contributed by atoms with Crippen LogP contribution in [0.5, 0.6) is 0 Å². The van der Waals surface area contributed by atoms with Gasteiger partial charge in [-0.2, -0.15) is 0 Å². The van der Waals surface area contributed by atoms with Crippen molar-refractivity contribution in [2.24, 2.45) is 0 Å². The first-order valence-electron chi connectivity index (χ1n) is 3.36. The van der Waals surface area contributed by atoms with Crippen molar-refractivity contribution in [2.45, 2.75) is 13.3 Å². The molecule has 4 nitrogen and oxygen atoms in total. The second kappa shape index (κ2) is 8.45. The molecule has 0 radical (unpaired) electrons. The number of aliphatic carboxylic acids is 2. The van der Waals surface area contributed by atoms with Crippen LogP contribution in [0.2, 0.25) is 0 Å². The van der Waals surface area contributed by atoms with E-state index in [2.05, 4.69) is 6.58 Å². The van der Waals surface area contributed by atoms with Gasteiger partial charge in [0.1, 0.15) is 0 Å². The van der Waals surface area contributed by atoms with Crippen LogP contribution in [0.3, 0.4) is 0 Å². The lowest BCUT2D eigenvalue weighted by molar-refractivity contribution is -0.133. The minimum absolute atomic E-state index is 0.0255. The Bertz CT molecular complexity index is 220. The van der Waals surface area contributed by atoms with Crippen LogP contribution in [0, 0.1) is 0 Å². The molecule has 0 rings (SSSR count). The van der Waals surface area contributed by atoms with Gasteiger partial charge in [0.25, 0.3) is 0 Å². The molecule has 0 atom stereocenters. The van der Waals surface area contributed by atoms with E-state index in [4.69, 9.17) is 10.2 Å². The standard InChI is InChI=1S/C5H8O2.C3H3FO2/c1-3-4(2)5(6)7;4-2-1-3(5)6/h2-3H2,1H3,(H,6,7);1-2H,(H,5,6). The lowest BCUT2D eigenvalue weighted by Crippen LogP contribution is -1.95. The summed E-state index contributed by atoms with van der Waals surface area (Å²) in [6.45, 7) is 5.03. The molecule has 0 bridgehead atoms. The topological polar surface area (TPSA) is 74.6 Å². The summed E-state index contributed by atoms with van der Waals surface area (Å²) in [5.41, 5.74) is 0.264. The summed E-state index contributed by atoms with van der Waals surface area (Å²) in [7, 11) is 0. The molecule has 0 aromatic carbocycles. The zero-order chi connectivity index (χ0) is 10.9. The van der Waals surface area contributed by atoms with E-state index >= 15 is 0 Å². The van der Waals surface area contributed by atoms with E-state index in [-0.39, 0.29) is 11.9 Å². The molecule has 13 heavy (non-hydrogen) atoms. The van der Waals surface area contributed by atoms with Crippen LogP contribution < -0.4 is 0 Å². The molecule has 0 aliphatic carbocycles. The third kappa shape index (κ3) is 13.4. The third-order valence-corrected chi connectivity index (χ3v) is 0.935. The Morgan fingerprint density at radius 3 is 1.92 bits per heavy atom. The molecule has 74 valence electrons. The number of carboxylic acid groups (broad SMARTS) is 2. The maximum atomic E-state index is 10.7. The van der Waals surface area contributed by atoms with Gasteiger partial charge in [-0.15, -0.1) is 0 Å². The molecule has 0 aromatic heterocycles. The second-order valence-corrected chi connectivity index (χ2v) is 1.89. The van der Waals surface area contributed by atoms with Gasteiger partial charge in [0, 0.05) is 5.57 Å². The average molecular weight is 190 g/mol. The molecule has 0 saturated carbocycles. The van der Waals surface area contributed by atoms with E-state index in [0.717, 1.165) is 0 Å². The molecule has 0 aromatic rings. The number of rotatable bonds is 3. The van der Waals surface area contributed by atoms with Gasteiger partial charge >= 0.3 is 11.9 Å². The highest BCUT2D eigenvalue weighted by molar-refractivity contribution is 5.85. The Hall–Kier alpha value is -1.65. The lowest BCUT2D eigenvalue weighted by Gasteiger charge is -1.87. The summed E-state index contributed by atoms with van der Waals surface area (Å²) >= 11 is 0. The Morgan fingerprint density at radius 2 is 1.92 bits per heavy atom. The summed E-state index contributed by atoms with van der Waals surface area (Å²) in [6, 6.07) is 0. The van der Waals surface area contributed by atoms with E-state index in [9.17, 15) is 14.0 Å². The summed E-state index contributed by atoms with van der Waals surface area (Å²) in [6.07, 6.45) is 0.914. The molecule has 0 saturated heterocycles. The molecule has 0 aliphatic rings. The van der Waals surface area contributed by atoms with Crippen molar-refractivity contribution in [2.75, 3.05) is 0 Å². The van der Waals surface area contributed by atoms with Gasteiger partial charge in [0.2, 0.25) is 0 Å². The fourth-order valence-corrected chi connectivity index (χ4v) is 0.205. The first kappa shape index (κ1) is 13.9. The van der Waals surface area contributed by atoms with E-state index < -0.39 is 11.9 Å². The van der Waals surface area contributed by atoms with E-state index in [0.29, 0.717) is 12.5 Å². The number of hydrogen-bond acceptors (Lipinski definition) is 2. The SMILES string of the molecule is C=C(CC)C(=O)O.O=C(O)C=CF. The predicted molar refractivity (Wildman–Crippen MR) is 45.0 cm³/mol. The minimum atomic E-state index is -1.27. The van der Waals surface area contributed by atoms with E-state index in [1.165, 1.54) is 0 Å². The number of halogens is 1. The van der Waals surface area contributed by atoms with Gasteiger partial charge in [-0.25, -0.2) is 14.0 Å². The van der Waals surface area contributed by atoms with Crippen molar-refractivity contribution in [1.82, 2.24) is 0 Å². The van der Waals surface area contributed by atoms with Crippen LogP contribution in [0.4, 0.5) is 4.39 Å². The molecule has 0 fully saturated rings. The van der Waals surface area contributed by atoms with Crippen LogP contribution in [0.1, 0.15) is 13.3 Å². The van der Waals surface area contributed by atoms with Crippen LogP contribution in [0.15, 0.2) is 24.6 Å². The lowest BCUT2D eigenvalue weighted by atomic mass is 10.2. The van der Waals surface area contributed by atoms with Gasteiger partial charge < -0.3 is 10.2 Å². The highest BCUT2D eigenvalue weighted by atomic mass is 19.1. The quantitative estimate of drug-likeness (QED) is 0.662. The molecular weight excluding hydrogens is 179 g/mol. The van der Waals surface area contributed by atoms with Gasteiger partial charge in [-0.3, -0.25) is 0 Å². The Balaban J connectivity index is 0. The predicted octanol–water partition coefficient (Wildman–Crippen LogP) is 1.59. The largest absolute Gasteiger partial charge is 0.478 e. The molecule has 2 N–H and O–H groups in total. The summed E-state index contributed by atoms with van der Waals surface area (Å²) in [5, 5.41) is 15.7. The van der Waals surface area contributed by atoms with E-state index in [1.807, 2.05) is 0 Å². The van der Waals surface area contributed by atoms with Crippen molar-refractivity contribution in [3.63, 3.8) is 0 Å². The third-order valence-electron chi connectivity index (χ3n) is 0.935. The van der Waals surface area contributed by atoms with E-state index in [1.54, 1.807) is 6.92 Å². The number of hydrogen-bond donors (Lipinski definition) is 2. The number of carboxylic acids is 2. The molecule has 0 aliphatic heterocycles. The molecular formula is C8H11FO4. The van der Waals surface area contributed by atoms with Gasteiger partial charge in [-0.05, 0) is 6.42 Å². The maximum Gasteiger partial charge on any atom is 0.330 e. The zero-order valence-corrected chi connectivity index (χ0v) is 7.16. The second-order valence-electron chi connectivity index (χ2n) is 1.89. The average Bonchev–Trinajstić information content (AvgIpc) is 2.03. The highest BCUT2D eigenvalue weighted by Gasteiger charge is 1.96. The van der Waals surface area contributed by atoms with Crippen LogP contribution in [0.25, 0.3) is 0 Å². The van der Waals surface area contributed by atoms with Crippen LogP contribution in [-0.2, 0) is 9.59 Å². The smallest absolute Gasteiger partial charge is 0.330 e. The molecule has 0 heterocycles. The Morgan fingerprint density at radius 1 is 1.46 bits per heavy atom. The Labute approximate surface area is 75.0 Å². The fraction of sp³-hybridized carbons (Fsp3) is 0.250. The molecule has 0 amide bonds. The highest BCUT2D eigenvalue weighted by Crippen LogP contribution is 1.93. The first-order chi connectivity index (χ1) is 5.95. The van der Waals surface area contributed by atoms with Crippen molar-refractivity contribution in [3.8, 4) is 0 Å². The molecule has 0 spiro atoms. The summed E-state index contributed by atoms with van der Waals surface area (Å²) in [4.78, 5) is 19.1. The summed E-state index contributed by atoms with van der Waals surface area (Å²) < 4.78 is 10.7. The number of carbonyl (C=O) groups is 2. The Kier molecular flexibility index (Phi) is 9.04. The van der Waals surface area contributed by atoms with Crippen molar-refractivity contribution in [1.29, 1.82) is 0 Å². The van der Waals surface area contributed by atoms with Gasteiger partial charge in [0.05, 0.1) is 12.4 Å². The normalized spacial score (nSPS) is 8.77.